The first kappa shape index (κ1) is 19.9. The molecule has 2 heterocycles. The molecule has 4 rings (SSSR count). The summed E-state index contributed by atoms with van der Waals surface area (Å²) in [7, 11) is 1.70. The van der Waals surface area contributed by atoms with E-state index < -0.39 is 0 Å². The van der Waals surface area contributed by atoms with Crippen LogP contribution in [0.25, 0.3) is 21.3 Å². The van der Waals surface area contributed by atoms with Gasteiger partial charge in [0.15, 0.2) is 0 Å². The van der Waals surface area contributed by atoms with Crippen molar-refractivity contribution in [3.63, 3.8) is 0 Å². The van der Waals surface area contributed by atoms with Gasteiger partial charge in [0, 0.05) is 49.3 Å². The molecule has 0 spiro atoms. The molecule has 7 heteroatoms. The fourth-order valence-electron chi connectivity index (χ4n) is 3.70. The van der Waals surface area contributed by atoms with Crippen LogP contribution in [-0.2, 0) is 9.47 Å². The maximum Gasteiger partial charge on any atom is 0.277 e. The predicted molar refractivity (Wildman–Crippen MR) is 116 cm³/mol. The van der Waals surface area contributed by atoms with Crippen LogP contribution in [0.2, 0.25) is 0 Å². The Morgan fingerprint density at radius 1 is 1.31 bits per heavy atom. The summed E-state index contributed by atoms with van der Waals surface area (Å²) in [6, 6.07) is 5.92. The zero-order valence-electron chi connectivity index (χ0n) is 16.5. The molecule has 1 saturated carbocycles. The molecule has 0 saturated heterocycles. The summed E-state index contributed by atoms with van der Waals surface area (Å²) in [5, 5.41) is 0.905. The molecule has 0 bridgehead atoms. The number of nitrogens with one attached hydrogen (secondary N) is 1. The van der Waals surface area contributed by atoms with Gasteiger partial charge >= 0.3 is 0 Å². The highest BCUT2D eigenvalue weighted by atomic mass is 32.1. The first-order valence-corrected chi connectivity index (χ1v) is 10.8. The molecular weight excluding hydrogens is 386 g/mol. The molecule has 1 aliphatic carbocycles. The predicted octanol–water partition coefficient (Wildman–Crippen LogP) is 4.87. The summed E-state index contributed by atoms with van der Waals surface area (Å²) < 4.78 is 10.9. The van der Waals surface area contributed by atoms with E-state index in [2.05, 4.69) is 21.0 Å². The number of aromatic amines is 1. The minimum absolute atomic E-state index is 0.171. The van der Waals surface area contributed by atoms with Crippen LogP contribution in [0, 0.1) is 0 Å². The van der Waals surface area contributed by atoms with E-state index >= 15 is 0 Å². The zero-order valence-corrected chi connectivity index (χ0v) is 17.3. The Kier molecular flexibility index (Phi) is 6.49. The largest absolute Gasteiger partial charge is 0.385 e. The highest BCUT2D eigenvalue weighted by Gasteiger charge is 2.20. The molecule has 1 aliphatic rings. The molecule has 6 nitrogen and oxygen atoms in total. The second-order valence-corrected chi connectivity index (χ2v) is 8.11. The smallest absolute Gasteiger partial charge is 0.277 e. The minimum atomic E-state index is -0.171. The highest BCUT2D eigenvalue weighted by molar-refractivity contribution is 7.13. The average molecular weight is 412 g/mol. The molecule has 1 fully saturated rings. The third-order valence-corrected chi connectivity index (χ3v) is 6.05. The van der Waals surface area contributed by atoms with Crippen LogP contribution in [0.3, 0.4) is 0 Å². The van der Waals surface area contributed by atoms with Gasteiger partial charge in [-0.15, -0.1) is 11.3 Å². The Morgan fingerprint density at radius 3 is 2.93 bits per heavy atom. The minimum Gasteiger partial charge on any atom is -0.385 e. The van der Waals surface area contributed by atoms with E-state index in [1.807, 2.05) is 24.5 Å². The summed E-state index contributed by atoms with van der Waals surface area (Å²) in [5.74, 6) is -0.171. The topological polar surface area (TPSA) is 76.6 Å². The Labute approximate surface area is 174 Å². The van der Waals surface area contributed by atoms with Crippen LogP contribution in [-0.4, -0.2) is 48.0 Å². The van der Waals surface area contributed by atoms with Crippen LogP contribution in [0.5, 0.6) is 0 Å². The Bertz CT molecular complexity index is 984. The van der Waals surface area contributed by atoms with Gasteiger partial charge in [-0.1, -0.05) is 0 Å². The van der Waals surface area contributed by atoms with Gasteiger partial charge in [0.1, 0.15) is 0 Å². The normalized spacial score (nSPS) is 17.0. The molecule has 2 aromatic heterocycles. The molecule has 0 radical (unpaired) electrons. The van der Waals surface area contributed by atoms with Crippen LogP contribution >= 0.6 is 11.3 Å². The first-order chi connectivity index (χ1) is 14.2. The van der Waals surface area contributed by atoms with E-state index in [4.69, 9.17) is 9.47 Å². The first-order valence-electron chi connectivity index (χ1n) is 9.96. The average Bonchev–Trinajstić information content (AvgIpc) is 3.43. The quantitative estimate of drug-likeness (QED) is 0.563. The Morgan fingerprint density at radius 2 is 2.17 bits per heavy atom. The third-order valence-electron chi connectivity index (χ3n) is 5.23. The molecule has 1 aromatic carbocycles. The number of aromatic nitrogens is 2. The zero-order chi connectivity index (χ0) is 20.1. The van der Waals surface area contributed by atoms with Crippen LogP contribution < -0.4 is 0 Å². The van der Waals surface area contributed by atoms with Gasteiger partial charge in [0.2, 0.25) is 0 Å². The van der Waals surface area contributed by atoms with Crippen LogP contribution in [0.4, 0.5) is 0 Å². The number of methoxy groups -OCH3 is 1. The van der Waals surface area contributed by atoms with E-state index in [1.54, 1.807) is 24.0 Å². The van der Waals surface area contributed by atoms with Gasteiger partial charge in [0.05, 0.1) is 22.1 Å². The second kappa shape index (κ2) is 9.43. The standard InChI is InChI=1S/C22H25N3O3S/c1-27-9-2-10-28-17-5-3-16(4-6-17)25-22(26)19-11-15(21-13-23-14-29-21)12-20-18(19)7-8-24-20/h7-8,11-14,17,24H,2-6,9-10H2,1H3. The lowest BCUT2D eigenvalue weighted by molar-refractivity contribution is 0.0284. The number of H-pyrrole nitrogens is 1. The van der Waals surface area contributed by atoms with Crippen molar-refractivity contribution in [1.82, 2.24) is 9.97 Å². The second-order valence-electron chi connectivity index (χ2n) is 7.23. The molecule has 0 atom stereocenters. The van der Waals surface area contributed by atoms with Gasteiger partial charge < -0.3 is 14.5 Å². The van der Waals surface area contributed by atoms with Gasteiger partial charge in [-0.25, -0.2) is 4.99 Å². The number of carbonyl (C=O) groups is 1. The number of amides is 1. The van der Waals surface area contributed by atoms with Crippen molar-refractivity contribution in [2.45, 2.75) is 38.2 Å². The van der Waals surface area contributed by atoms with Crippen molar-refractivity contribution in [2.75, 3.05) is 20.3 Å². The summed E-state index contributed by atoms with van der Waals surface area (Å²) in [6.07, 6.45) is 8.30. The number of nitrogens with zero attached hydrogens (tertiary/aromatic N) is 2. The molecule has 1 amide bonds. The van der Waals surface area contributed by atoms with E-state index in [-0.39, 0.29) is 12.0 Å². The number of ether oxygens (including phenoxy) is 2. The van der Waals surface area contributed by atoms with Crippen molar-refractivity contribution in [3.05, 3.63) is 41.7 Å². The molecule has 1 N–H and O–H groups in total. The fourth-order valence-corrected chi connectivity index (χ4v) is 4.32. The van der Waals surface area contributed by atoms with Gasteiger partial charge in [-0.05, 0) is 55.9 Å². The fraction of sp³-hybridized carbons (Fsp3) is 0.409. The SMILES string of the molecule is COCCCOC1CCC(=NC(=O)c2cc(-c3cncs3)cc3[nH]ccc23)CC1. The van der Waals surface area contributed by atoms with E-state index in [0.29, 0.717) is 5.56 Å². The van der Waals surface area contributed by atoms with Crippen molar-refractivity contribution >= 4 is 33.9 Å². The molecule has 3 aromatic rings. The van der Waals surface area contributed by atoms with E-state index in [0.717, 1.165) is 72.4 Å². The van der Waals surface area contributed by atoms with Crippen LogP contribution in [0.1, 0.15) is 42.5 Å². The summed E-state index contributed by atoms with van der Waals surface area (Å²) in [6.45, 7) is 1.45. The van der Waals surface area contributed by atoms with Crippen LogP contribution in [0.15, 0.2) is 41.1 Å². The number of carbonyl (C=O) groups excluding carboxylic acids is 1. The van der Waals surface area contributed by atoms with Gasteiger partial charge in [-0.2, -0.15) is 0 Å². The number of hydrogen-bond donors (Lipinski definition) is 1. The molecule has 29 heavy (non-hydrogen) atoms. The summed E-state index contributed by atoms with van der Waals surface area (Å²) in [4.78, 5) is 25.9. The molecule has 0 unspecified atom stereocenters. The number of thiazole rings is 1. The highest BCUT2D eigenvalue weighted by Crippen LogP contribution is 2.30. The summed E-state index contributed by atoms with van der Waals surface area (Å²) in [5.41, 5.74) is 5.33. The number of rotatable bonds is 7. The lowest BCUT2D eigenvalue weighted by Gasteiger charge is -2.23. The lowest BCUT2D eigenvalue weighted by Crippen LogP contribution is -2.23. The van der Waals surface area contributed by atoms with Crippen molar-refractivity contribution in [3.8, 4) is 10.4 Å². The number of aliphatic imine (C=N–C) groups is 1. The maximum atomic E-state index is 13.0. The van der Waals surface area contributed by atoms with Gasteiger partial charge in [-0.3, -0.25) is 9.78 Å². The maximum absolute atomic E-state index is 13.0. The van der Waals surface area contributed by atoms with Gasteiger partial charge in [0.25, 0.3) is 5.91 Å². The van der Waals surface area contributed by atoms with Crippen molar-refractivity contribution < 1.29 is 14.3 Å². The van der Waals surface area contributed by atoms with E-state index in [1.165, 1.54) is 0 Å². The molecular formula is C22H25N3O3S. The number of hydrogen-bond acceptors (Lipinski definition) is 5. The number of fused-ring (bicyclic) bond motifs is 1. The third kappa shape index (κ3) is 4.80. The van der Waals surface area contributed by atoms with Crippen molar-refractivity contribution in [1.29, 1.82) is 0 Å². The lowest BCUT2D eigenvalue weighted by atomic mass is 9.95. The number of benzene rings is 1. The van der Waals surface area contributed by atoms with E-state index in [9.17, 15) is 4.79 Å². The summed E-state index contributed by atoms with van der Waals surface area (Å²) >= 11 is 1.56. The monoisotopic (exact) mass is 411 g/mol. The Balaban J connectivity index is 1.46. The Hall–Kier alpha value is -2.35. The molecule has 0 aliphatic heterocycles. The molecule has 152 valence electrons. The van der Waals surface area contributed by atoms with Crippen molar-refractivity contribution in [2.24, 2.45) is 4.99 Å².